The van der Waals surface area contributed by atoms with Gasteiger partial charge in [-0.15, -0.1) is 0 Å². The molecule has 3 nitrogen and oxygen atoms in total. The van der Waals surface area contributed by atoms with Gasteiger partial charge in [0, 0.05) is 11.9 Å². The highest BCUT2D eigenvalue weighted by Crippen LogP contribution is 2.23. The average Bonchev–Trinajstić information content (AvgIpc) is 2.27. The lowest BCUT2D eigenvalue weighted by molar-refractivity contribution is 0.587. The van der Waals surface area contributed by atoms with Crippen molar-refractivity contribution >= 4 is 20.8 Å². The third-order valence-corrected chi connectivity index (χ3v) is 3.42. The Morgan fingerprint density at radius 2 is 1.94 bits per heavy atom. The van der Waals surface area contributed by atoms with Gasteiger partial charge < -0.3 is 0 Å². The molecule has 2 aromatic carbocycles. The van der Waals surface area contributed by atoms with Crippen LogP contribution in [0.3, 0.4) is 0 Å². The highest BCUT2D eigenvalue weighted by Gasteiger charge is 2.07. The number of rotatable bonds is 3. The van der Waals surface area contributed by atoms with Crippen LogP contribution < -0.4 is 4.72 Å². The van der Waals surface area contributed by atoms with Crippen molar-refractivity contribution in [3.05, 3.63) is 47.3 Å². The lowest BCUT2D eigenvalue weighted by atomic mass is 10.0. The quantitative estimate of drug-likeness (QED) is 0.927. The molecule has 5 heteroatoms. The Kier molecular flexibility index (Phi) is 3.36. The van der Waals surface area contributed by atoms with Gasteiger partial charge in [-0.25, -0.2) is 17.5 Å². The molecule has 2 rings (SSSR count). The summed E-state index contributed by atoms with van der Waals surface area (Å²) in [7, 11) is -3.24. The SMILES string of the molecule is Cc1cc(CNS(C)(=O)=O)cc2c(F)cccc12. The van der Waals surface area contributed by atoms with Crippen molar-refractivity contribution in [3.63, 3.8) is 0 Å². The maximum absolute atomic E-state index is 13.7. The summed E-state index contributed by atoms with van der Waals surface area (Å²) in [5.41, 5.74) is 1.67. The standard InChI is InChI=1S/C13H14FNO2S/c1-9-6-10(8-15-18(2,16)17)7-12-11(9)4-3-5-13(12)14/h3-7,15H,8H2,1-2H3. The fourth-order valence-electron chi connectivity index (χ4n) is 1.93. The first-order valence-corrected chi connectivity index (χ1v) is 7.38. The van der Waals surface area contributed by atoms with Crippen LogP contribution in [0.2, 0.25) is 0 Å². The van der Waals surface area contributed by atoms with Crippen LogP contribution in [0.4, 0.5) is 4.39 Å². The predicted octanol–water partition coefficient (Wildman–Crippen LogP) is 2.34. The van der Waals surface area contributed by atoms with E-state index in [1.807, 2.05) is 19.1 Å². The van der Waals surface area contributed by atoms with Crippen molar-refractivity contribution < 1.29 is 12.8 Å². The van der Waals surface area contributed by atoms with Crippen molar-refractivity contribution in [3.8, 4) is 0 Å². The van der Waals surface area contributed by atoms with Crippen molar-refractivity contribution in [2.75, 3.05) is 6.26 Å². The summed E-state index contributed by atoms with van der Waals surface area (Å²) in [6.45, 7) is 2.05. The smallest absolute Gasteiger partial charge is 0.209 e. The second kappa shape index (κ2) is 4.66. The van der Waals surface area contributed by atoms with E-state index >= 15 is 0 Å². The van der Waals surface area contributed by atoms with Gasteiger partial charge in [-0.1, -0.05) is 18.2 Å². The molecule has 1 N–H and O–H groups in total. The number of fused-ring (bicyclic) bond motifs is 1. The summed E-state index contributed by atoms with van der Waals surface area (Å²) in [5, 5.41) is 1.36. The minimum absolute atomic E-state index is 0.171. The van der Waals surface area contributed by atoms with E-state index in [9.17, 15) is 12.8 Å². The van der Waals surface area contributed by atoms with Crippen LogP contribution in [0.15, 0.2) is 30.3 Å². The summed E-state index contributed by atoms with van der Waals surface area (Å²) in [6.07, 6.45) is 1.10. The van der Waals surface area contributed by atoms with E-state index < -0.39 is 10.0 Å². The highest BCUT2D eigenvalue weighted by atomic mass is 32.2. The topological polar surface area (TPSA) is 46.2 Å². The molecule has 0 bridgehead atoms. The monoisotopic (exact) mass is 267 g/mol. The molecule has 0 radical (unpaired) electrons. The molecule has 0 spiro atoms. The zero-order valence-corrected chi connectivity index (χ0v) is 11.0. The van der Waals surface area contributed by atoms with E-state index in [1.54, 1.807) is 12.1 Å². The molecule has 96 valence electrons. The molecule has 0 fully saturated rings. The van der Waals surface area contributed by atoms with Crippen molar-refractivity contribution in [1.29, 1.82) is 0 Å². The third-order valence-electron chi connectivity index (χ3n) is 2.75. The Labute approximate surface area is 106 Å². The minimum Gasteiger partial charge on any atom is -0.213 e. The van der Waals surface area contributed by atoms with Gasteiger partial charge in [0.05, 0.1) is 6.26 Å². The number of benzene rings is 2. The van der Waals surface area contributed by atoms with Gasteiger partial charge in [-0.05, 0) is 35.6 Å². The van der Waals surface area contributed by atoms with Gasteiger partial charge in [0.2, 0.25) is 10.0 Å². The zero-order valence-electron chi connectivity index (χ0n) is 10.2. The zero-order chi connectivity index (χ0) is 13.3. The first kappa shape index (κ1) is 13.0. The molecule has 0 saturated heterocycles. The normalized spacial score (nSPS) is 11.9. The molecule has 2 aromatic rings. The van der Waals surface area contributed by atoms with Gasteiger partial charge >= 0.3 is 0 Å². The van der Waals surface area contributed by atoms with Crippen LogP contribution >= 0.6 is 0 Å². The molecule has 0 heterocycles. The molecule has 0 unspecified atom stereocenters. The molecular formula is C13H14FNO2S. The molecule has 0 aliphatic heterocycles. The lowest BCUT2D eigenvalue weighted by Crippen LogP contribution is -2.21. The van der Waals surface area contributed by atoms with Crippen molar-refractivity contribution in [2.24, 2.45) is 0 Å². The van der Waals surface area contributed by atoms with Crippen LogP contribution in [0.25, 0.3) is 10.8 Å². The number of sulfonamides is 1. The number of halogens is 1. The number of nitrogens with one attached hydrogen (secondary N) is 1. The van der Waals surface area contributed by atoms with Gasteiger partial charge in [0.25, 0.3) is 0 Å². The highest BCUT2D eigenvalue weighted by molar-refractivity contribution is 7.88. The molecule has 18 heavy (non-hydrogen) atoms. The van der Waals surface area contributed by atoms with Crippen LogP contribution in [-0.2, 0) is 16.6 Å². The summed E-state index contributed by atoms with van der Waals surface area (Å²) in [5.74, 6) is -0.295. The summed E-state index contributed by atoms with van der Waals surface area (Å²) < 4.78 is 38.2. The Morgan fingerprint density at radius 1 is 1.22 bits per heavy atom. The fraction of sp³-hybridized carbons (Fsp3) is 0.231. The van der Waals surface area contributed by atoms with Crippen LogP contribution in [0, 0.1) is 12.7 Å². The molecule has 0 aliphatic rings. The molecular weight excluding hydrogens is 253 g/mol. The second-order valence-corrected chi connectivity index (χ2v) is 6.17. The Balaban J connectivity index is 2.45. The maximum atomic E-state index is 13.7. The lowest BCUT2D eigenvalue weighted by Gasteiger charge is -2.08. The predicted molar refractivity (Wildman–Crippen MR) is 70.3 cm³/mol. The third kappa shape index (κ3) is 2.86. The second-order valence-electron chi connectivity index (χ2n) is 4.34. The number of hydrogen-bond acceptors (Lipinski definition) is 2. The molecule has 0 saturated carbocycles. The van der Waals surface area contributed by atoms with E-state index in [1.165, 1.54) is 6.07 Å². The molecule has 0 atom stereocenters. The molecule has 0 aliphatic carbocycles. The van der Waals surface area contributed by atoms with Crippen LogP contribution in [-0.4, -0.2) is 14.7 Å². The Hall–Kier alpha value is -1.46. The maximum Gasteiger partial charge on any atom is 0.209 e. The van der Waals surface area contributed by atoms with E-state index in [0.29, 0.717) is 5.39 Å². The fourth-order valence-corrected chi connectivity index (χ4v) is 2.36. The van der Waals surface area contributed by atoms with E-state index in [4.69, 9.17) is 0 Å². The van der Waals surface area contributed by atoms with Crippen LogP contribution in [0.5, 0.6) is 0 Å². The Morgan fingerprint density at radius 3 is 2.61 bits per heavy atom. The summed E-state index contributed by atoms with van der Waals surface area (Å²) in [6, 6.07) is 8.45. The summed E-state index contributed by atoms with van der Waals surface area (Å²) in [4.78, 5) is 0. The largest absolute Gasteiger partial charge is 0.213 e. The van der Waals surface area contributed by atoms with Gasteiger partial charge in [0.15, 0.2) is 0 Å². The van der Waals surface area contributed by atoms with Gasteiger partial charge in [-0.2, -0.15) is 0 Å². The van der Waals surface area contributed by atoms with Crippen molar-refractivity contribution in [1.82, 2.24) is 4.72 Å². The first-order valence-electron chi connectivity index (χ1n) is 5.49. The van der Waals surface area contributed by atoms with E-state index in [0.717, 1.165) is 22.8 Å². The Bertz CT molecular complexity index is 695. The van der Waals surface area contributed by atoms with Gasteiger partial charge in [-0.3, -0.25) is 0 Å². The van der Waals surface area contributed by atoms with Crippen LogP contribution in [0.1, 0.15) is 11.1 Å². The minimum atomic E-state index is -3.24. The van der Waals surface area contributed by atoms with Gasteiger partial charge in [0.1, 0.15) is 5.82 Å². The molecule has 0 amide bonds. The average molecular weight is 267 g/mol. The van der Waals surface area contributed by atoms with Crippen molar-refractivity contribution in [2.45, 2.75) is 13.5 Å². The first-order chi connectivity index (χ1) is 8.37. The summed E-state index contributed by atoms with van der Waals surface area (Å²) >= 11 is 0. The van der Waals surface area contributed by atoms with E-state index in [2.05, 4.69) is 4.72 Å². The number of hydrogen-bond donors (Lipinski definition) is 1. The number of aryl methyl sites for hydroxylation is 1. The van der Waals surface area contributed by atoms with E-state index in [-0.39, 0.29) is 12.4 Å². The molecule has 0 aromatic heterocycles.